The predicted molar refractivity (Wildman–Crippen MR) is 89.8 cm³/mol. The van der Waals surface area contributed by atoms with E-state index in [2.05, 4.69) is 21.2 Å². The molecule has 1 saturated heterocycles. The summed E-state index contributed by atoms with van der Waals surface area (Å²) in [6.45, 7) is 1.89. The molecule has 1 fully saturated rings. The molecule has 0 bridgehead atoms. The molecule has 1 aliphatic heterocycles. The first-order valence-electron chi connectivity index (χ1n) is 7.01. The largest absolute Gasteiger partial charge is 0.373 e. The van der Waals surface area contributed by atoms with Crippen LogP contribution in [0.3, 0.4) is 0 Å². The van der Waals surface area contributed by atoms with Crippen molar-refractivity contribution in [2.45, 2.75) is 19.4 Å². The Kier molecular flexibility index (Phi) is 3.98. The van der Waals surface area contributed by atoms with Gasteiger partial charge in [-0.3, -0.25) is 9.59 Å². The third-order valence-electron chi connectivity index (χ3n) is 3.69. The Morgan fingerprint density at radius 1 is 1.09 bits per heavy atom. The quantitative estimate of drug-likeness (QED) is 0.854. The Bertz CT molecular complexity index is 728. The minimum Gasteiger partial charge on any atom is -0.373 e. The van der Waals surface area contributed by atoms with Gasteiger partial charge in [-0.05, 0) is 42.8 Å². The average molecular weight is 359 g/mol. The van der Waals surface area contributed by atoms with Crippen LogP contribution in [0.4, 0.5) is 11.4 Å². The molecule has 3 rings (SSSR count). The highest BCUT2D eigenvalue weighted by molar-refractivity contribution is 9.10. The van der Waals surface area contributed by atoms with Gasteiger partial charge in [-0.2, -0.15) is 0 Å². The van der Waals surface area contributed by atoms with Gasteiger partial charge in [-0.1, -0.05) is 34.1 Å². The molecule has 2 aromatic carbocycles. The second kappa shape index (κ2) is 5.93. The van der Waals surface area contributed by atoms with Crippen molar-refractivity contribution in [3.05, 3.63) is 58.6 Å². The SMILES string of the molecule is Cc1ccccc1N1C(=O)C[C@H](Nc2ccc(Br)cc2)C1=O. The molecule has 1 heterocycles. The van der Waals surface area contributed by atoms with Gasteiger partial charge in [0.2, 0.25) is 5.91 Å². The van der Waals surface area contributed by atoms with Crippen molar-refractivity contribution in [3.63, 3.8) is 0 Å². The van der Waals surface area contributed by atoms with E-state index in [1.165, 1.54) is 4.90 Å². The minimum atomic E-state index is -0.520. The number of para-hydroxylation sites is 1. The summed E-state index contributed by atoms with van der Waals surface area (Å²) in [4.78, 5) is 26.1. The lowest BCUT2D eigenvalue weighted by atomic mass is 10.2. The molecule has 0 unspecified atom stereocenters. The molecule has 2 aromatic rings. The van der Waals surface area contributed by atoms with E-state index in [9.17, 15) is 9.59 Å². The number of aryl methyl sites for hydroxylation is 1. The highest BCUT2D eigenvalue weighted by atomic mass is 79.9. The van der Waals surface area contributed by atoms with Gasteiger partial charge in [0.05, 0.1) is 12.1 Å². The Hall–Kier alpha value is -2.14. The molecule has 112 valence electrons. The number of amides is 2. The first-order valence-corrected chi connectivity index (χ1v) is 7.80. The van der Waals surface area contributed by atoms with Gasteiger partial charge in [0.1, 0.15) is 6.04 Å². The van der Waals surface area contributed by atoms with Gasteiger partial charge in [-0.15, -0.1) is 0 Å². The van der Waals surface area contributed by atoms with Gasteiger partial charge >= 0.3 is 0 Å². The number of carbonyl (C=O) groups excluding carboxylic acids is 2. The van der Waals surface area contributed by atoms with Gasteiger partial charge in [-0.25, -0.2) is 4.90 Å². The van der Waals surface area contributed by atoms with Crippen molar-refractivity contribution in [2.24, 2.45) is 0 Å². The zero-order valence-corrected chi connectivity index (χ0v) is 13.6. The zero-order valence-electron chi connectivity index (χ0n) is 12.0. The summed E-state index contributed by atoms with van der Waals surface area (Å²) in [7, 11) is 0. The van der Waals surface area contributed by atoms with Crippen LogP contribution in [-0.2, 0) is 9.59 Å². The molecule has 0 aliphatic carbocycles. The van der Waals surface area contributed by atoms with Crippen LogP contribution < -0.4 is 10.2 Å². The molecule has 0 saturated carbocycles. The lowest BCUT2D eigenvalue weighted by Crippen LogP contribution is -2.35. The van der Waals surface area contributed by atoms with E-state index in [0.717, 1.165) is 15.7 Å². The predicted octanol–water partition coefficient (Wildman–Crippen LogP) is 3.50. The molecule has 1 atom stereocenters. The highest BCUT2D eigenvalue weighted by Gasteiger charge is 2.39. The molecular formula is C17H15BrN2O2. The topological polar surface area (TPSA) is 49.4 Å². The maximum Gasteiger partial charge on any atom is 0.256 e. The number of benzene rings is 2. The number of nitrogens with one attached hydrogen (secondary N) is 1. The smallest absolute Gasteiger partial charge is 0.256 e. The van der Waals surface area contributed by atoms with Gasteiger partial charge in [0.15, 0.2) is 0 Å². The van der Waals surface area contributed by atoms with E-state index in [4.69, 9.17) is 0 Å². The fraction of sp³-hybridized carbons (Fsp3) is 0.176. The second-order valence-electron chi connectivity index (χ2n) is 5.26. The molecule has 0 aromatic heterocycles. The molecule has 0 spiro atoms. The maximum atomic E-state index is 12.6. The monoisotopic (exact) mass is 358 g/mol. The summed E-state index contributed by atoms with van der Waals surface area (Å²) in [5, 5.41) is 3.13. The number of anilines is 2. The average Bonchev–Trinajstić information content (AvgIpc) is 2.77. The van der Waals surface area contributed by atoms with Crippen molar-refractivity contribution in [2.75, 3.05) is 10.2 Å². The fourth-order valence-corrected chi connectivity index (χ4v) is 2.82. The normalized spacial score (nSPS) is 17.9. The Morgan fingerprint density at radius 3 is 2.45 bits per heavy atom. The summed E-state index contributed by atoms with van der Waals surface area (Å²) in [5.74, 6) is -0.379. The molecule has 22 heavy (non-hydrogen) atoms. The number of nitrogens with zero attached hydrogens (tertiary/aromatic N) is 1. The van der Waals surface area contributed by atoms with Crippen molar-refractivity contribution in [1.82, 2.24) is 0 Å². The minimum absolute atomic E-state index is 0.170. The summed E-state index contributed by atoms with van der Waals surface area (Å²) in [6.07, 6.45) is 0.170. The molecule has 1 N–H and O–H groups in total. The van der Waals surface area contributed by atoms with Crippen LogP contribution in [0.5, 0.6) is 0 Å². The molecule has 5 heteroatoms. The van der Waals surface area contributed by atoms with E-state index < -0.39 is 6.04 Å². The first kappa shape index (κ1) is 14.8. The Balaban J connectivity index is 1.82. The lowest BCUT2D eigenvalue weighted by molar-refractivity contribution is -0.121. The van der Waals surface area contributed by atoms with Crippen LogP contribution in [0, 0.1) is 6.92 Å². The third-order valence-corrected chi connectivity index (χ3v) is 4.22. The van der Waals surface area contributed by atoms with Crippen LogP contribution in [0.2, 0.25) is 0 Å². The summed E-state index contributed by atoms with van der Waals surface area (Å²) >= 11 is 3.37. The van der Waals surface area contributed by atoms with E-state index in [0.29, 0.717) is 5.69 Å². The Morgan fingerprint density at radius 2 is 1.77 bits per heavy atom. The number of rotatable bonds is 3. The molecule has 4 nitrogen and oxygen atoms in total. The lowest BCUT2D eigenvalue weighted by Gasteiger charge is -2.18. The van der Waals surface area contributed by atoms with Gasteiger partial charge in [0.25, 0.3) is 5.91 Å². The highest BCUT2D eigenvalue weighted by Crippen LogP contribution is 2.27. The van der Waals surface area contributed by atoms with E-state index in [1.807, 2.05) is 49.4 Å². The number of hydrogen-bond donors (Lipinski definition) is 1. The van der Waals surface area contributed by atoms with E-state index in [-0.39, 0.29) is 18.2 Å². The van der Waals surface area contributed by atoms with Crippen molar-refractivity contribution in [1.29, 1.82) is 0 Å². The van der Waals surface area contributed by atoms with Gasteiger partial charge in [0, 0.05) is 10.2 Å². The number of hydrogen-bond acceptors (Lipinski definition) is 3. The van der Waals surface area contributed by atoms with Crippen LogP contribution in [0.15, 0.2) is 53.0 Å². The third kappa shape index (κ3) is 2.76. The van der Waals surface area contributed by atoms with Crippen LogP contribution in [0.1, 0.15) is 12.0 Å². The molecule has 2 amide bonds. The molecule has 1 aliphatic rings. The maximum absolute atomic E-state index is 12.6. The van der Waals surface area contributed by atoms with Crippen LogP contribution >= 0.6 is 15.9 Å². The number of imide groups is 1. The standard InChI is InChI=1S/C17H15BrN2O2/c1-11-4-2-3-5-15(11)20-16(21)10-14(17(20)22)19-13-8-6-12(18)7-9-13/h2-9,14,19H,10H2,1H3/t14-/m0/s1. The van der Waals surface area contributed by atoms with Crippen molar-refractivity contribution in [3.8, 4) is 0 Å². The van der Waals surface area contributed by atoms with E-state index in [1.54, 1.807) is 6.07 Å². The molecule has 0 radical (unpaired) electrons. The van der Waals surface area contributed by atoms with Crippen LogP contribution in [-0.4, -0.2) is 17.9 Å². The van der Waals surface area contributed by atoms with Crippen LogP contribution in [0.25, 0.3) is 0 Å². The number of halogens is 1. The fourth-order valence-electron chi connectivity index (χ4n) is 2.56. The Labute approximate surface area is 137 Å². The zero-order chi connectivity index (χ0) is 15.7. The number of carbonyl (C=O) groups is 2. The molecular weight excluding hydrogens is 344 g/mol. The van der Waals surface area contributed by atoms with Crippen molar-refractivity contribution < 1.29 is 9.59 Å². The summed E-state index contributed by atoms with van der Waals surface area (Å²) in [5.41, 5.74) is 2.40. The summed E-state index contributed by atoms with van der Waals surface area (Å²) in [6, 6.07) is 14.4. The summed E-state index contributed by atoms with van der Waals surface area (Å²) < 4.78 is 0.966. The van der Waals surface area contributed by atoms with Crippen molar-refractivity contribution >= 4 is 39.1 Å². The first-order chi connectivity index (χ1) is 10.6. The van der Waals surface area contributed by atoms with Gasteiger partial charge < -0.3 is 5.32 Å². The second-order valence-corrected chi connectivity index (χ2v) is 6.18. The van der Waals surface area contributed by atoms with E-state index >= 15 is 0 Å².